The van der Waals surface area contributed by atoms with E-state index in [0.717, 1.165) is 21.4 Å². The van der Waals surface area contributed by atoms with Gasteiger partial charge in [-0.05, 0) is 57.9 Å². The molecule has 190 valence electrons. The number of nitrogens with zero attached hydrogens (tertiary/aromatic N) is 3. The molecule has 0 aliphatic carbocycles. The first-order chi connectivity index (χ1) is 18.4. The van der Waals surface area contributed by atoms with Crippen LogP contribution in [0.25, 0.3) is 16.9 Å². The van der Waals surface area contributed by atoms with Gasteiger partial charge in [0.1, 0.15) is 5.82 Å². The van der Waals surface area contributed by atoms with Crippen LogP contribution in [0.5, 0.6) is 0 Å². The first-order valence-electron chi connectivity index (χ1n) is 11.5. The van der Waals surface area contributed by atoms with Crippen molar-refractivity contribution < 1.29 is 14.3 Å². The number of fused-ring (bicyclic) bond motifs is 1. The molecule has 2 N–H and O–H groups in total. The van der Waals surface area contributed by atoms with E-state index in [1.807, 2.05) is 48.5 Å². The van der Waals surface area contributed by atoms with Crippen LogP contribution in [0, 0.1) is 0 Å². The van der Waals surface area contributed by atoms with Crippen molar-refractivity contribution in [2.24, 2.45) is 0 Å². The largest absolute Gasteiger partial charge is 0.465 e. The Hall–Kier alpha value is -4.21. The first kappa shape index (κ1) is 25.4. The number of rotatable bonds is 7. The number of nitrogens with one attached hydrogen (secondary N) is 2. The molecule has 38 heavy (non-hydrogen) atoms. The van der Waals surface area contributed by atoms with Crippen LogP contribution < -0.4 is 10.6 Å². The highest BCUT2D eigenvalue weighted by Gasteiger charge is 2.14. The lowest BCUT2D eigenvalue weighted by Crippen LogP contribution is -2.13. The molecule has 0 saturated carbocycles. The highest BCUT2D eigenvalue weighted by molar-refractivity contribution is 9.10. The van der Waals surface area contributed by atoms with Gasteiger partial charge in [0.05, 0.1) is 29.0 Å². The molecule has 0 radical (unpaired) electrons. The van der Waals surface area contributed by atoms with Gasteiger partial charge in [-0.3, -0.25) is 4.79 Å². The summed E-state index contributed by atoms with van der Waals surface area (Å²) in [6, 6.07) is 23.3. The number of aromatic nitrogens is 3. The van der Waals surface area contributed by atoms with Gasteiger partial charge in [-0.1, -0.05) is 48.0 Å². The average molecular weight is 591 g/mol. The number of ether oxygens (including phenoxy) is 1. The number of hydrogen-bond acceptors (Lipinski definition) is 6. The quantitative estimate of drug-likeness (QED) is 0.211. The van der Waals surface area contributed by atoms with Gasteiger partial charge in [-0.2, -0.15) is 9.61 Å². The van der Waals surface area contributed by atoms with Gasteiger partial charge < -0.3 is 15.4 Å². The fourth-order valence-corrected chi connectivity index (χ4v) is 4.51. The van der Waals surface area contributed by atoms with Crippen molar-refractivity contribution in [3.05, 3.63) is 111 Å². The SMILES string of the molecule is COC(=O)c1cccc(C(=O)Nc2cccc(CNc3cc(-c4ccccc4Cl)nc4c(Br)cnn34)c2)c1. The van der Waals surface area contributed by atoms with Crippen molar-refractivity contribution in [2.75, 3.05) is 17.7 Å². The van der Waals surface area contributed by atoms with Crippen LogP contribution in [-0.2, 0) is 11.3 Å². The number of carbonyl (C=O) groups excluding carboxylic acids is 2. The predicted molar refractivity (Wildman–Crippen MR) is 151 cm³/mol. The molecule has 5 rings (SSSR count). The second-order valence-corrected chi connectivity index (χ2v) is 9.58. The van der Waals surface area contributed by atoms with E-state index in [0.29, 0.717) is 39.7 Å². The summed E-state index contributed by atoms with van der Waals surface area (Å²) in [7, 11) is 1.30. The Morgan fingerprint density at radius 1 is 1.00 bits per heavy atom. The zero-order valence-corrected chi connectivity index (χ0v) is 22.5. The Labute approximate surface area is 231 Å². The number of halogens is 2. The molecular formula is C28H21BrClN5O3. The van der Waals surface area contributed by atoms with Gasteiger partial charge in [0.15, 0.2) is 5.65 Å². The van der Waals surface area contributed by atoms with Crippen molar-refractivity contribution in [3.63, 3.8) is 0 Å². The molecule has 2 heterocycles. The second kappa shape index (κ2) is 11.0. The minimum atomic E-state index is -0.500. The lowest BCUT2D eigenvalue weighted by molar-refractivity contribution is 0.0600. The van der Waals surface area contributed by atoms with Crippen LogP contribution in [0.4, 0.5) is 11.5 Å². The summed E-state index contributed by atoms with van der Waals surface area (Å²) in [5.41, 5.74) is 4.39. The van der Waals surface area contributed by atoms with E-state index in [4.69, 9.17) is 21.3 Å². The maximum absolute atomic E-state index is 12.8. The minimum Gasteiger partial charge on any atom is -0.465 e. The molecule has 1 amide bonds. The maximum Gasteiger partial charge on any atom is 0.337 e. The Morgan fingerprint density at radius 3 is 2.61 bits per heavy atom. The van der Waals surface area contributed by atoms with Crippen LogP contribution in [0.3, 0.4) is 0 Å². The molecule has 8 nitrogen and oxygen atoms in total. The highest BCUT2D eigenvalue weighted by Crippen LogP contribution is 2.30. The van der Waals surface area contributed by atoms with Crippen molar-refractivity contribution in [3.8, 4) is 11.3 Å². The summed E-state index contributed by atoms with van der Waals surface area (Å²) in [4.78, 5) is 29.3. The minimum absolute atomic E-state index is 0.309. The third-order valence-corrected chi connectivity index (χ3v) is 6.67. The number of hydrogen-bond donors (Lipinski definition) is 2. The molecule has 0 atom stereocenters. The number of methoxy groups -OCH3 is 1. The molecule has 0 bridgehead atoms. The molecule has 0 spiro atoms. The summed E-state index contributed by atoms with van der Waals surface area (Å²) >= 11 is 9.95. The number of anilines is 2. The van der Waals surface area contributed by atoms with E-state index in [2.05, 4.69) is 31.7 Å². The van der Waals surface area contributed by atoms with Gasteiger partial charge in [0.2, 0.25) is 0 Å². The van der Waals surface area contributed by atoms with E-state index >= 15 is 0 Å². The number of esters is 1. The summed E-state index contributed by atoms with van der Waals surface area (Å²) < 4.78 is 7.21. The molecule has 0 aliphatic heterocycles. The smallest absolute Gasteiger partial charge is 0.337 e. The fourth-order valence-electron chi connectivity index (χ4n) is 3.93. The lowest BCUT2D eigenvalue weighted by atomic mass is 10.1. The van der Waals surface area contributed by atoms with E-state index in [-0.39, 0.29) is 5.91 Å². The Bertz CT molecular complexity index is 1670. The molecule has 0 fully saturated rings. The molecule has 0 unspecified atom stereocenters. The van der Waals surface area contributed by atoms with Gasteiger partial charge >= 0.3 is 5.97 Å². The Morgan fingerprint density at radius 2 is 1.79 bits per heavy atom. The fraction of sp³-hybridized carbons (Fsp3) is 0.0714. The molecule has 0 saturated heterocycles. The van der Waals surface area contributed by atoms with E-state index in [1.165, 1.54) is 13.2 Å². The summed E-state index contributed by atoms with van der Waals surface area (Å²) in [5.74, 6) is -0.105. The van der Waals surface area contributed by atoms with Crippen LogP contribution in [0.1, 0.15) is 26.3 Å². The van der Waals surface area contributed by atoms with Crippen molar-refractivity contribution >= 4 is 56.6 Å². The van der Waals surface area contributed by atoms with Crippen LogP contribution >= 0.6 is 27.5 Å². The number of amides is 1. The average Bonchev–Trinajstić information content (AvgIpc) is 3.32. The zero-order chi connectivity index (χ0) is 26.6. The molecular weight excluding hydrogens is 570 g/mol. The Balaban J connectivity index is 1.36. The van der Waals surface area contributed by atoms with Crippen molar-refractivity contribution in [2.45, 2.75) is 6.54 Å². The molecule has 10 heteroatoms. The van der Waals surface area contributed by atoms with E-state index in [1.54, 1.807) is 35.0 Å². The third-order valence-electron chi connectivity index (χ3n) is 5.78. The standard InChI is InChI=1S/C28H21BrClN5O3/c1-38-28(37)19-8-5-7-18(13-19)27(36)33-20-9-4-6-17(12-20)15-31-25-14-24(21-10-2-3-11-23(21)30)34-26-22(29)16-32-35(25)26/h2-14,16,31H,15H2,1H3,(H,33,36). The predicted octanol–water partition coefficient (Wildman–Crippen LogP) is 6.46. The normalized spacial score (nSPS) is 10.8. The van der Waals surface area contributed by atoms with E-state index < -0.39 is 5.97 Å². The highest BCUT2D eigenvalue weighted by atomic mass is 79.9. The van der Waals surface area contributed by atoms with Crippen molar-refractivity contribution in [1.82, 2.24) is 14.6 Å². The molecule has 2 aromatic heterocycles. The van der Waals surface area contributed by atoms with Crippen LogP contribution in [0.15, 0.2) is 89.5 Å². The molecule has 5 aromatic rings. The monoisotopic (exact) mass is 589 g/mol. The van der Waals surface area contributed by atoms with E-state index in [9.17, 15) is 9.59 Å². The summed E-state index contributed by atoms with van der Waals surface area (Å²) in [6.07, 6.45) is 1.69. The van der Waals surface area contributed by atoms with Crippen molar-refractivity contribution in [1.29, 1.82) is 0 Å². The van der Waals surface area contributed by atoms with Crippen LogP contribution in [0.2, 0.25) is 5.02 Å². The third kappa shape index (κ3) is 5.39. The summed E-state index contributed by atoms with van der Waals surface area (Å²) in [6.45, 7) is 0.458. The van der Waals surface area contributed by atoms with Crippen LogP contribution in [-0.4, -0.2) is 33.6 Å². The summed E-state index contributed by atoms with van der Waals surface area (Å²) in [5, 5.41) is 11.3. The van der Waals surface area contributed by atoms with Gasteiger partial charge in [0, 0.05) is 34.4 Å². The Kier molecular flexibility index (Phi) is 7.39. The number of carbonyl (C=O) groups is 2. The second-order valence-electron chi connectivity index (χ2n) is 8.31. The maximum atomic E-state index is 12.8. The zero-order valence-electron chi connectivity index (χ0n) is 20.1. The molecule has 0 aliphatic rings. The number of benzene rings is 3. The first-order valence-corrected chi connectivity index (χ1v) is 12.7. The molecule has 3 aromatic carbocycles. The lowest BCUT2D eigenvalue weighted by Gasteiger charge is -2.13. The van der Waals surface area contributed by atoms with Gasteiger partial charge in [-0.15, -0.1) is 0 Å². The van der Waals surface area contributed by atoms with Gasteiger partial charge in [-0.25, -0.2) is 9.78 Å². The van der Waals surface area contributed by atoms with Gasteiger partial charge in [0.25, 0.3) is 5.91 Å². The topological polar surface area (TPSA) is 97.6 Å².